The fraction of sp³-hybridized carbons (Fsp3) is 0.167. The summed E-state index contributed by atoms with van der Waals surface area (Å²) >= 11 is 0.967. The van der Waals surface area contributed by atoms with Gasteiger partial charge in [-0.1, -0.05) is 6.07 Å². The maximum Gasteiger partial charge on any atom is 0.271 e. The lowest BCUT2D eigenvalue weighted by Gasteiger charge is -2.07. The van der Waals surface area contributed by atoms with Crippen LogP contribution in [0.4, 0.5) is 14.5 Å². The van der Waals surface area contributed by atoms with Crippen LogP contribution in [0.25, 0.3) is 0 Å². The van der Waals surface area contributed by atoms with Crippen molar-refractivity contribution >= 4 is 27.0 Å². The predicted octanol–water partition coefficient (Wildman–Crippen LogP) is 2.36. The minimum Gasteiger partial charge on any atom is -0.396 e. The molecule has 108 valence electrons. The Balaban J connectivity index is 2.28. The van der Waals surface area contributed by atoms with E-state index < -0.39 is 27.3 Å². The average molecular weight is 319 g/mol. The van der Waals surface area contributed by atoms with Gasteiger partial charge in [-0.2, -0.15) is 0 Å². The highest BCUT2D eigenvalue weighted by Crippen LogP contribution is 2.26. The number of rotatable bonds is 5. The van der Waals surface area contributed by atoms with Gasteiger partial charge in [-0.3, -0.25) is 4.72 Å². The first-order valence-corrected chi connectivity index (χ1v) is 7.90. The molecule has 0 spiro atoms. The molecular weight excluding hydrogens is 308 g/mol. The van der Waals surface area contributed by atoms with Gasteiger partial charge in [-0.25, -0.2) is 17.2 Å². The van der Waals surface area contributed by atoms with Crippen LogP contribution in [0.2, 0.25) is 0 Å². The molecule has 1 aromatic carbocycles. The highest BCUT2D eigenvalue weighted by molar-refractivity contribution is 7.94. The van der Waals surface area contributed by atoms with Crippen molar-refractivity contribution in [2.75, 3.05) is 11.3 Å². The second-order valence-corrected chi connectivity index (χ2v) is 6.98. The van der Waals surface area contributed by atoms with Crippen molar-refractivity contribution in [2.45, 2.75) is 10.6 Å². The fourth-order valence-electron chi connectivity index (χ4n) is 1.52. The lowest BCUT2D eigenvalue weighted by Crippen LogP contribution is -2.13. The minimum atomic E-state index is -3.97. The van der Waals surface area contributed by atoms with Crippen molar-refractivity contribution in [1.82, 2.24) is 0 Å². The molecule has 0 saturated heterocycles. The van der Waals surface area contributed by atoms with E-state index in [1.54, 1.807) is 6.07 Å². The Morgan fingerprint density at radius 3 is 2.65 bits per heavy atom. The first-order chi connectivity index (χ1) is 9.44. The van der Waals surface area contributed by atoms with Crippen LogP contribution in [-0.4, -0.2) is 20.1 Å². The number of hydrogen-bond acceptors (Lipinski definition) is 4. The average Bonchev–Trinajstić information content (AvgIpc) is 2.85. The molecule has 2 rings (SSSR count). The maximum absolute atomic E-state index is 13.4. The predicted molar refractivity (Wildman–Crippen MR) is 72.3 cm³/mol. The molecule has 0 radical (unpaired) electrons. The van der Waals surface area contributed by atoms with E-state index in [9.17, 15) is 17.2 Å². The monoisotopic (exact) mass is 319 g/mol. The third-order valence-electron chi connectivity index (χ3n) is 2.46. The number of aliphatic hydroxyl groups is 1. The summed E-state index contributed by atoms with van der Waals surface area (Å²) in [5, 5.41) is 8.78. The zero-order chi connectivity index (χ0) is 14.8. The van der Waals surface area contributed by atoms with Gasteiger partial charge in [0.1, 0.15) is 4.21 Å². The van der Waals surface area contributed by atoms with Gasteiger partial charge >= 0.3 is 0 Å². The second-order valence-electron chi connectivity index (χ2n) is 3.90. The van der Waals surface area contributed by atoms with Crippen LogP contribution in [-0.2, 0) is 16.4 Å². The van der Waals surface area contributed by atoms with Gasteiger partial charge in [0.05, 0.1) is 5.69 Å². The second kappa shape index (κ2) is 5.86. The number of thiophene rings is 1. The lowest BCUT2D eigenvalue weighted by molar-refractivity contribution is 0.300. The van der Waals surface area contributed by atoms with E-state index in [1.165, 1.54) is 12.1 Å². The largest absolute Gasteiger partial charge is 0.396 e. The summed E-state index contributed by atoms with van der Waals surface area (Å²) in [6.07, 6.45) is 0.342. The van der Waals surface area contributed by atoms with Crippen molar-refractivity contribution < 1.29 is 22.3 Å². The third-order valence-corrected chi connectivity index (χ3v) is 5.46. The van der Waals surface area contributed by atoms with Crippen molar-refractivity contribution in [1.29, 1.82) is 0 Å². The van der Waals surface area contributed by atoms with Gasteiger partial charge in [0, 0.05) is 17.9 Å². The normalized spacial score (nSPS) is 11.6. The number of aliphatic hydroxyl groups excluding tert-OH is 1. The third kappa shape index (κ3) is 3.14. The highest BCUT2D eigenvalue weighted by atomic mass is 32.2. The van der Waals surface area contributed by atoms with Crippen LogP contribution in [0, 0.1) is 11.6 Å². The van der Waals surface area contributed by atoms with Crippen LogP contribution in [0.15, 0.2) is 34.5 Å². The Morgan fingerprint density at radius 2 is 1.95 bits per heavy atom. The van der Waals surface area contributed by atoms with E-state index in [0.717, 1.165) is 23.5 Å². The van der Waals surface area contributed by atoms with Gasteiger partial charge < -0.3 is 5.11 Å². The molecule has 0 aliphatic carbocycles. The van der Waals surface area contributed by atoms with E-state index >= 15 is 0 Å². The number of anilines is 1. The van der Waals surface area contributed by atoms with E-state index in [1.807, 2.05) is 4.72 Å². The minimum absolute atomic E-state index is 0.0235. The molecule has 0 fully saturated rings. The van der Waals surface area contributed by atoms with Gasteiger partial charge in [-0.05, 0) is 24.3 Å². The summed E-state index contributed by atoms with van der Waals surface area (Å²) in [4.78, 5) is 0.688. The summed E-state index contributed by atoms with van der Waals surface area (Å²) in [6.45, 7) is -0.0913. The smallest absolute Gasteiger partial charge is 0.271 e. The van der Waals surface area contributed by atoms with Crippen molar-refractivity contribution in [2.24, 2.45) is 0 Å². The topological polar surface area (TPSA) is 66.4 Å². The van der Waals surface area contributed by atoms with Gasteiger partial charge in [0.15, 0.2) is 11.6 Å². The molecule has 0 aliphatic rings. The fourth-order valence-corrected chi connectivity index (χ4v) is 3.93. The molecule has 2 N–H and O–H groups in total. The van der Waals surface area contributed by atoms with Crippen LogP contribution < -0.4 is 4.72 Å². The Hall–Kier alpha value is -1.51. The molecule has 1 heterocycles. The Kier molecular flexibility index (Phi) is 4.36. The number of hydrogen-bond donors (Lipinski definition) is 2. The van der Waals surface area contributed by atoms with Gasteiger partial charge in [-0.15, -0.1) is 11.3 Å². The molecule has 2 aromatic rings. The number of nitrogens with one attached hydrogen (secondary N) is 1. The van der Waals surface area contributed by atoms with Crippen LogP contribution >= 0.6 is 11.3 Å². The Labute approximate surface area is 118 Å². The van der Waals surface area contributed by atoms with E-state index in [0.29, 0.717) is 11.3 Å². The van der Waals surface area contributed by atoms with Crippen LogP contribution in [0.5, 0.6) is 0 Å². The zero-order valence-corrected chi connectivity index (χ0v) is 11.8. The summed E-state index contributed by atoms with van der Waals surface area (Å²) in [5.74, 6) is -2.37. The molecule has 0 aliphatic heterocycles. The summed E-state index contributed by atoms with van der Waals surface area (Å²) in [7, 11) is -3.97. The maximum atomic E-state index is 13.4. The SMILES string of the molecule is O=S(=O)(Nc1cccc(F)c1F)c1ccc(CCO)s1. The van der Waals surface area contributed by atoms with Crippen molar-refractivity contribution in [3.8, 4) is 0 Å². The Bertz CT molecular complexity index is 713. The first-order valence-electron chi connectivity index (χ1n) is 5.60. The molecule has 1 aromatic heterocycles. The van der Waals surface area contributed by atoms with E-state index in [4.69, 9.17) is 5.11 Å². The molecular formula is C12H11F2NO3S2. The molecule has 4 nitrogen and oxygen atoms in total. The van der Waals surface area contributed by atoms with Gasteiger partial charge in [0.2, 0.25) is 0 Å². The van der Waals surface area contributed by atoms with E-state index in [-0.39, 0.29) is 10.8 Å². The molecule has 0 amide bonds. The van der Waals surface area contributed by atoms with Crippen molar-refractivity contribution in [3.63, 3.8) is 0 Å². The molecule has 0 saturated carbocycles. The summed E-state index contributed by atoms with van der Waals surface area (Å²) < 4.78 is 52.5. The highest BCUT2D eigenvalue weighted by Gasteiger charge is 2.19. The van der Waals surface area contributed by atoms with Crippen LogP contribution in [0.1, 0.15) is 4.88 Å². The van der Waals surface area contributed by atoms with Gasteiger partial charge in [0.25, 0.3) is 10.0 Å². The molecule has 8 heteroatoms. The summed E-state index contributed by atoms with van der Waals surface area (Å²) in [6, 6.07) is 6.17. The molecule has 0 bridgehead atoms. The van der Waals surface area contributed by atoms with Crippen LogP contribution in [0.3, 0.4) is 0 Å². The standard InChI is InChI=1S/C12H11F2NO3S2/c13-9-2-1-3-10(12(9)14)15-20(17,18)11-5-4-8(19-11)6-7-16/h1-5,15-16H,6-7H2. The van der Waals surface area contributed by atoms with E-state index in [2.05, 4.69) is 0 Å². The first kappa shape index (κ1) is 14.9. The molecule has 20 heavy (non-hydrogen) atoms. The molecule has 0 unspecified atom stereocenters. The lowest BCUT2D eigenvalue weighted by atomic mass is 10.3. The zero-order valence-electron chi connectivity index (χ0n) is 10.1. The van der Waals surface area contributed by atoms with Crippen molar-refractivity contribution in [3.05, 3.63) is 46.8 Å². The Morgan fingerprint density at radius 1 is 1.20 bits per heavy atom. The number of sulfonamides is 1. The quantitative estimate of drug-likeness (QED) is 0.889. The number of halogens is 2. The molecule has 0 atom stereocenters. The summed E-state index contributed by atoms with van der Waals surface area (Å²) in [5.41, 5.74) is -0.442. The number of benzene rings is 1.